The number of imidazole rings is 1. The molecule has 6 nitrogen and oxygen atoms in total. The number of hydrogen-bond donors (Lipinski definition) is 3. The van der Waals surface area contributed by atoms with E-state index in [4.69, 9.17) is 5.73 Å². The minimum absolute atomic E-state index is 0.0235. The highest BCUT2D eigenvalue weighted by molar-refractivity contribution is 9.10. The van der Waals surface area contributed by atoms with Crippen LogP contribution in [0.3, 0.4) is 0 Å². The van der Waals surface area contributed by atoms with Crippen LogP contribution in [-0.2, 0) is 11.3 Å². The minimum atomic E-state index is -0.493. The number of nitrogens with two attached hydrogens (primary N) is 1. The molecule has 0 radical (unpaired) electrons. The van der Waals surface area contributed by atoms with Gasteiger partial charge in [0.15, 0.2) is 5.65 Å². The zero-order valence-electron chi connectivity index (χ0n) is 12.2. The Bertz CT molecular complexity index is 627. The number of hydrogen-bond acceptors (Lipinski definition) is 4. The molecule has 0 aliphatic carbocycles. The van der Waals surface area contributed by atoms with Gasteiger partial charge in [-0.25, -0.2) is 9.97 Å². The molecule has 4 N–H and O–H groups in total. The van der Waals surface area contributed by atoms with Gasteiger partial charge in [0.2, 0.25) is 5.91 Å². The molecule has 0 aliphatic rings. The SMILES string of the molecule is CCC(CC)(CN)C(=O)NCc1nc2ncc(Br)cc2[nH]1. The molecule has 0 fully saturated rings. The van der Waals surface area contributed by atoms with Gasteiger partial charge in [-0.15, -0.1) is 0 Å². The molecule has 0 saturated carbocycles. The van der Waals surface area contributed by atoms with Crippen LogP contribution in [0.1, 0.15) is 32.5 Å². The Morgan fingerprint density at radius 3 is 2.81 bits per heavy atom. The molecule has 0 aromatic carbocycles. The summed E-state index contributed by atoms with van der Waals surface area (Å²) in [4.78, 5) is 24.0. The van der Waals surface area contributed by atoms with E-state index in [1.807, 2.05) is 19.9 Å². The predicted molar refractivity (Wildman–Crippen MR) is 85.5 cm³/mol. The van der Waals surface area contributed by atoms with E-state index in [0.29, 0.717) is 24.6 Å². The van der Waals surface area contributed by atoms with E-state index in [-0.39, 0.29) is 5.91 Å². The molecule has 0 aliphatic heterocycles. The van der Waals surface area contributed by atoms with Crippen LogP contribution in [0.15, 0.2) is 16.7 Å². The second-order valence-electron chi connectivity index (χ2n) is 5.08. The second-order valence-corrected chi connectivity index (χ2v) is 6.00. The summed E-state index contributed by atoms with van der Waals surface area (Å²) < 4.78 is 0.883. The Kier molecular flexibility index (Phi) is 4.95. The number of carbonyl (C=O) groups is 1. The van der Waals surface area contributed by atoms with Crippen molar-refractivity contribution in [2.24, 2.45) is 11.1 Å². The fraction of sp³-hybridized carbons (Fsp3) is 0.500. The Morgan fingerprint density at radius 2 is 2.19 bits per heavy atom. The molecule has 114 valence electrons. The first-order valence-electron chi connectivity index (χ1n) is 7.03. The van der Waals surface area contributed by atoms with Crippen LogP contribution < -0.4 is 11.1 Å². The topological polar surface area (TPSA) is 96.7 Å². The van der Waals surface area contributed by atoms with Gasteiger partial charge in [-0.05, 0) is 34.8 Å². The average molecular weight is 354 g/mol. The van der Waals surface area contributed by atoms with Gasteiger partial charge in [0.1, 0.15) is 5.82 Å². The molecule has 0 spiro atoms. The summed E-state index contributed by atoms with van der Waals surface area (Å²) in [5, 5.41) is 2.92. The van der Waals surface area contributed by atoms with Gasteiger partial charge in [-0.3, -0.25) is 4.79 Å². The first-order valence-corrected chi connectivity index (χ1v) is 7.82. The Hall–Kier alpha value is -1.47. The van der Waals surface area contributed by atoms with Crippen molar-refractivity contribution in [2.45, 2.75) is 33.2 Å². The summed E-state index contributed by atoms with van der Waals surface area (Å²) >= 11 is 3.36. The zero-order valence-corrected chi connectivity index (χ0v) is 13.8. The number of halogens is 1. The Labute approximate surface area is 132 Å². The highest BCUT2D eigenvalue weighted by Crippen LogP contribution is 2.25. The van der Waals surface area contributed by atoms with Gasteiger partial charge in [0.25, 0.3) is 0 Å². The van der Waals surface area contributed by atoms with E-state index < -0.39 is 5.41 Å². The molecule has 2 aromatic heterocycles. The van der Waals surface area contributed by atoms with Crippen molar-refractivity contribution in [3.8, 4) is 0 Å². The van der Waals surface area contributed by atoms with Crippen LogP contribution in [0.4, 0.5) is 0 Å². The maximum absolute atomic E-state index is 12.3. The zero-order chi connectivity index (χ0) is 15.5. The molecule has 0 bridgehead atoms. The fourth-order valence-corrected chi connectivity index (χ4v) is 2.64. The van der Waals surface area contributed by atoms with E-state index >= 15 is 0 Å². The third kappa shape index (κ3) is 3.24. The first-order chi connectivity index (χ1) is 10.0. The van der Waals surface area contributed by atoms with Crippen molar-refractivity contribution < 1.29 is 4.79 Å². The fourth-order valence-electron chi connectivity index (χ4n) is 2.31. The van der Waals surface area contributed by atoms with Gasteiger partial charge >= 0.3 is 0 Å². The Balaban J connectivity index is 2.09. The van der Waals surface area contributed by atoms with Crippen molar-refractivity contribution in [3.05, 3.63) is 22.6 Å². The quantitative estimate of drug-likeness (QED) is 0.740. The van der Waals surface area contributed by atoms with Crippen LogP contribution in [0.25, 0.3) is 11.2 Å². The lowest BCUT2D eigenvalue weighted by molar-refractivity contribution is -0.131. The van der Waals surface area contributed by atoms with Crippen molar-refractivity contribution in [3.63, 3.8) is 0 Å². The highest BCUT2D eigenvalue weighted by atomic mass is 79.9. The van der Waals surface area contributed by atoms with Crippen molar-refractivity contribution in [2.75, 3.05) is 6.54 Å². The largest absolute Gasteiger partial charge is 0.348 e. The Morgan fingerprint density at radius 1 is 1.48 bits per heavy atom. The molecular weight excluding hydrogens is 334 g/mol. The average Bonchev–Trinajstić information content (AvgIpc) is 2.89. The van der Waals surface area contributed by atoms with Crippen LogP contribution in [0.5, 0.6) is 0 Å². The standard InChI is InChI=1S/C14H20BrN5O/c1-3-14(4-2,8-16)13(21)18-7-11-19-10-5-9(15)6-17-12(10)20-11/h5-6H,3-4,7-8,16H2,1-2H3,(H,18,21)(H,17,19,20). The predicted octanol–water partition coefficient (Wildman–Crippen LogP) is 2.10. The maximum Gasteiger partial charge on any atom is 0.227 e. The highest BCUT2D eigenvalue weighted by Gasteiger charge is 2.33. The van der Waals surface area contributed by atoms with Gasteiger partial charge < -0.3 is 16.0 Å². The number of nitrogens with zero attached hydrogens (tertiary/aromatic N) is 2. The van der Waals surface area contributed by atoms with Gasteiger partial charge in [0.05, 0.1) is 17.5 Å². The molecule has 0 saturated heterocycles. The molecule has 0 unspecified atom stereocenters. The van der Waals surface area contributed by atoms with Crippen LogP contribution >= 0.6 is 15.9 Å². The molecule has 2 rings (SSSR count). The van der Waals surface area contributed by atoms with Gasteiger partial charge in [-0.2, -0.15) is 0 Å². The summed E-state index contributed by atoms with van der Waals surface area (Å²) in [5.41, 5.74) is 6.76. The van der Waals surface area contributed by atoms with Gasteiger partial charge in [-0.1, -0.05) is 13.8 Å². The van der Waals surface area contributed by atoms with E-state index in [9.17, 15) is 4.79 Å². The molecule has 7 heteroatoms. The lowest BCUT2D eigenvalue weighted by Gasteiger charge is -2.28. The summed E-state index contributed by atoms with van der Waals surface area (Å²) in [6, 6.07) is 1.91. The van der Waals surface area contributed by atoms with E-state index in [1.165, 1.54) is 0 Å². The van der Waals surface area contributed by atoms with Crippen molar-refractivity contribution in [1.29, 1.82) is 0 Å². The molecule has 2 aromatic rings. The van der Waals surface area contributed by atoms with Gasteiger partial charge in [0, 0.05) is 17.2 Å². The number of amides is 1. The number of H-pyrrole nitrogens is 1. The lowest BCUT2D eigenvalue weighted by Crippen LogP contribution is -2.45. The van der Waals surface area contributed by atoms with E-state index in [2.05, 4.69) is 36.2 Å². The lowest BCUT2D eigenvalue weighted by atomic mass is 9.81. The monoisotopic (exact) mass is 353 g/mol. The minimum Gasteiger partial charge on any atom is -0.348 e. The smallest absolute Gasteiger partial charge is 0.227 e. The molecule has 1 amide bonds. The number of rotatable bonds is 6. The van der Waals surface area contributed by atoms with Crippen LogP contribution in [-0.4, -0.2) is 27.4 Å². The van der Waals surface area contributed by atoms with Crippen LogP contribution in [0, 0.1) is 5.41 Å². The van der Waals surface area contributed by atoms with E-state index in [0.717, 1.165) is 22.8 Å². The number of pyridine rings is 1. The summed E-state index contributed by atoms with van der Waals surface area (Å²) in [6.07, 6.45) is 3.14. The number of fused-ring (bicyclic) bond motifs is 1. The summed E-state index contributed by atoms with van der Waals surface area (Å²) in [7, 11) is 0. The molecular formula is C14H20BrN5O. The van der Waals surface area contributed by atoms with Crippen LogP contribution in [0.2, 0.25) is 0 Å². The molecule has 21 heavy (non-hydrogen) atoms. The third-order valence-electron chi connectivity index (χ3n) is 4.00. The van der Waals surface area contributed by atoms with Crippen molar-refractivity contribution in [1.82, 2.24) is 20.3 Å². The maximum atomic E-state index is 12.3. The van der Waals surface area contributed by atoms with Crippen molar-refractivity contribution >= 4 is 33.0 Å². The second kappa shape index (κ2) is 6.53. The first kappa shape index (κ1) is 15.9. The van der Waals surface area contributed by atoms with E-state index in [1.54, 1.807) is 6.20 Å². The summed E-state index contributed by atoms with van der Waals surface area (Å²) in [6.45, 7) is 4.66. The number of carbonyl (C=O) groups excluding carboxylic acids is 1. The number of nitrogens with one attached hydrogen (secondary N) is 2. The summed E-state index contributed by atoms with van der Waals surface area (Å²) in [5.74, 6) is 0.659. The third-order valence-corrected chi connectivity index (χ3v) is 4.43. The molecule has 0 atom stereocenters. The number of aromatic amines is 1. The normalized spacial score (nSPS) is 11.8. The molecule has 2 heterocycles. The number of aromatic nitrogens is 3.